The number of aliphatic carboxylic acids is 1. The van der Waals surface area contributed by atoms with Crippen LogP contribution >= 0.6 is 0 Å². The van der Waals surface area contributed by atoms with Crippen molar-refractivity contribution in [1.82, 2.24) is 4.90 Å². The molecule has 6 nitrogen and oxygen atoms in total. The van der Waals surface area contributed by atoms with Gasteiger partial charge in [0.05, 0.1) is 24.7 Å². The van der Waals surface area contributed by atoms with Crippen molar-refractivity contribution in [2.24, 2.45) is 0 Å². The molecule has 0 unspecified atom stereocenters. The van der Waals surface area contributed by atoms with Gasteiger partial charge in [0.1, 0.15) is 0 Å². The summed E-state index contributed by atoms with van der Waals surface area (Å²) < 4.78 is 0. The summed E-state index contributed by atoms with van der Waals surface area (Å²) in [5.74, 6) is -1.28. The topological polar surface area (TPSA) is 93.4 Å². The maximum atomic E-state index is 11.7. The summed E-state index contributed by atoms with van der Waals surface area (Å²) in [5.41, 5.74) is 0.978. The number of amides is 1. The smallest absolute Gasteiger partial charge is 0.317 e. The molecule has 1 rings (SSSR count). The van der Waals surface area contributed by atoms with Crippen molar-refractivity contribution in [1.29, 1.82) is 5.26 Å². The Morgan fingerprint density at radius 2 is 2.16 bits per heavy atom. The Balaban J connectivity index is 2.59. The van der Waals surface area contributed by atoms with E-state index in [1.54, 1.807) is 31.2 Å². The van der Waals surface area contributed by atoms with Crippen LogP contribution in [0, 0.1) is 11.3 Å². The molecule has 1 aromatic carbocycles. The second kappa shape index (κ2) is 7.13. The molecular weight excluding hydrogens is 246 g/mol. The van der Waals surface area contributed by atoms with E-state index in [0.29, 0.717) is 17.8 Å². The Bertz CT molecular complexity index is 508. The third kappa shape index (κ3) is 5.19. The fraction of sp³-hybridized carbons (Fsp3) is 0.308. The van der Waals surface area contributed by atoms with Gasteiger partial charge in [0, 0.05) is 5.69 Å². The van der Waals surface area contributed by atoms with Gasteiger partial charge in [0.25, 0.3) is 0 Å². The Morgan fingerprint density at radius 3 is 2.74 bits per heavy atom. The molecule has 0 saturated carbocycles. The van der Waals surface area contributed by atoms with Gasteiger partial charge < -0.3 is 10.4 Å². The molecule has 100 valence electrons. The SMILES string of the molecule is CCN(CC(=O)O)CC(=O)Nc1cccc(C#N)c1. The van der Waals surface area contributed by atoms with Crippen molar-refractivity contribution < 1.29 is 14.7 Å². The molecule has 6 heteroatoms. The van der Waals surface area contributed by atoms with Crippen molar-refractivity contribution >= 4 is 17.6 Å². The van der Waals surface area contributed by atoms with Crippen LogP contribution in [0.3, 0.4) is 0 Å². The average Bonchev–Trinajstić information content (AvgIpc) is 2.37. The van der Waals surface area contributed by atoms with Crippen LogP contribution in [-0.4, -0.2) is 41.5 Å². The van der Waals surface area contributed by atoms with Gasteiger partial charge in [0.2, 0.25) is 5.91 Å². The molecule has 0 spiro atoms. The molecule has 0 aromatic heterocycles. The molecule has 1 aromatic rings. The number of likely N-dealkylation sites (N-methyl/N-ethyl adjacent to an activating group) is 1. The van der Waals surface area contributed by atoms with Crippen LogP contribution in [-0.2, 0) is 9.59 Å². The van der Waals surface area contributed by atoms with Crippen molar-refractivity contribution in [2.45, 2.75) is 6.92 Å². The average molecular weight is 261 g/mol. The van der Waals surface area contributed by atoms with Gasteiger partial charge in [-0.15, -0.1) is 0 Å². The minimum Gasteiger partial charge on any atom is -0.480 e. The van der Waals surface area contributed by atoms with Gasteiger partial charge >= 0.3 is 5.97 Å². The molecule has 1 amide bonds. The number of carbonyl (C=O) groups excluding carboxylic acids is 1. The number of carbonyl (C=O) groups is 2. The standard InChI is InChI=1S/C13H15N3O3/c1-2-16(9-13(18)19)8-12(17)15-11-5-3-4-10(6-11)7-14/h3-6H,2,8-9H2,1H3,(H,15,17)(H,18,19). The van der Waals surface area contributed by atoms with Crippen molar-refractivity contribution in [3.63, 3.8) is 0 Å². The van der Waals surface area contributed by atoms with Gasteiger partial charge in [0.15, 0.2) is 0 Å². The summed E-state index contributed by atoms with van der Waals surface area (Å²) in [5, 5.41) is 20.0. The minimum absolute atomic E-state index is 0.000415. The first-order valence-corrected chi connectivity index (χ1v) is 5.79. The predicted octanol–water partition coefficient (Wildman–Crippen LogP) is 0.903. The Kier molecular flexibility index (Phi) is 5.51. The third-order valence-electron chi connectivity index (χ3n) is 2.45. The fourth-order valence-corrected chi connectivity index (χ4v) is 1.54. The maximum Gasteiger partial charge on any atom is 0.317 e. The second-order valence-electron chi connectivity index (χ2n) is 3.94. The van der Waals surface area contributed by atoms with Crippen molar-refractivity contribution in [2.75, 3.05) is 25.0 Å². The first-order valence-electron chi connectivity index (χ1n) is 5.79. The zero-order valence-corrected chi connectivity index (χ0v) is 10.6. The van der Waals surface area contributed by atoms with E-state index in [4.69, 9.17) is 10.4 Å². The number of rotatable bonds is 6. The van der Waals surface area contributed by atoms with Gasteiger partial charge in [-0.1, -0.05) is 13.0 Å². The maximum absolute atomic E-state index is 11.7. The summed E-state index contributed by atoms with van der Waals surface area (Å²) in [6.07, 6.45) is 0. The molecule has 0 radical (unpaired) electrons. The van der Waals surface area contributed by atoms with Crippen LogP contribution in [0.4, 0.5) is 5.69 Å². The number of benzene rings is 1. The van der Waals surface area contributed by atoms with Gasteiger partial charge in [-0.25, -0.2) is 0 Å². The summed E-state index contributed by atoms with van der Waals surface area (Å²) in [4.78, 5) is 23.8. The highest BCUT2D eigenvalue weighted by Crippen LogP contribution is 2.09. The molecule has 0 aliphatic rings. The van der Waals surface area contributed by atoms with E-state index in [9.17, 15) is 9.59 Å². The first kappa shape index (κ1) is 14.7. The van der Waals surface area contributed by atoms with Gasteiger partial charge in [-0.2, -0.15) is 5.26 Å². The van der Waals surface area contributed by atoms with Gasteiger partial charge in [-0.05, 0) is 24.7 Å². The number of carboxylic acids is 1. The zero-order valence-electron chi connectivity index (χ0n) is 10.6. The van der Waals surface area contributed by atoms with Crippen LogP contribution in [0.2, 0.25) is 0 Å². The van der Waals surface area contributed by atoms with Gasteiger partial charge in [-0.3, -0.25) is 14.5 Å². The summed E-state index contributed by atoms with van der Waals surface area (Å²) >= 11 is 0. The van der Waals surface area contributed by atoms with E-state index in [1.807, 2.05) is 6.07 Å². The molecule has 0 saturated heterocycles. The van der Waals surface area contributed by atoms with E-state index in [1.165, 1.54) is 4.90 Å². The summed E-state index contributed by atoms with van der Waals surface area (Å²) in [6, 6.07) is 8.52. The fourth-order valence-electron chi connectivity index (χ4n) is 1.54. The highest BCUT2D eigenvalue weighted by molar-refractivity contribution is 5.92. The molecule has 19 heavy (non-hydrogen) atoms. The molecule has 2 N–H and O–H groups in total. The number of hydrogen-bond acceptors (Lipinski definition) is 4. The molecule has 0 heterocycles. The molecule has 0 fully saturated rings. The molecule has 0 bridgehead atoms. The second-order valence-corrected chi connectivity index (χ2v) is 3.94. The Morgan fingerprint density at radius 1 is 1.42 bits per heavy atom. The van der Waals surface area contributed by atoms with E-state index >= 15 is 0 Å². The minimum atomic E-state index is -0.971. The lowest BCUT2D eigenvalue weighted by molar-refractivity contribution is -0.138. The van der Waals surface area contributed by atoms with E-state index < -0.39 is 5.97 Å². The number of nitrogens with zero attached hydrogens (tertiary/aromatic N) is 2. The first-order chi connectivity index (χ1) is 9.05. The highest BCUT2D eigenvalue weighted by atomic mass is 16.4. The largest absolute Gasteiger partial charge is 0.480 e. The molecule has 0 aliphatic carbocycles. The lowest BCUT2D eigenvalue weighted by Gasteiger charge is -2.17. The van der Waals surface area contributed by atoms with E-state index in [0.717, 1.165) is 0 Å². The predicted molar refractivity (Wildman–Crippen MR) is 69.5 cm³/mol. The zero-order chi connectivity index (χ0) is 14.3. The monoisotopic (exact) mass is 261 g/mol. The van der Waals surface area contributed by atoms with Crippen LogP contribution in [0.1, 0.15) is 12.5 Å². The van der Waals surface area contributed by atoms with Crippen molar-refractivity contribution in [3.05, 3.63) is 29.8 Å². The van der Waals surface area contributed by atoms with Crippen LogP contribution in [0.5, 0.6) is 0 Å². The summed E-state index contributed by atoms with van der Waals surface area (Å²) in [7, 11) is 0. The number of carboxylic acid groups (broad SMARTS) is 1. The molecular formula is C13H15N3O3. The highest BCUT2D eigenvalue weighted by Gasteiger charge is 2.12. The Hall–Kier alpha value is -2.39. The van der Waals surface area contributed by atoms with Crippen molar-refractivity contribution in [3.8, 4) is 6.07 Å². The number of anilines is 1. The number of nitriles is 1. The summed E-state index contributed by atoms with van der Waals surface area (Å²) in [6.45, 7) is 2.08. The van der Waals surface area contributed by atoms with E-state index in [-0.39, 0.29) is 19.0 Å². The normalized spacial score (nSPS) is 9.95. The number of hydrogen-bond donors (Lipinski definition) is 2. The van der Waals surface area contributed by atoms with Crippen LogP contribution < -0.4 is 5.32 Å². The Labute approximate surface area is 111 Å². The molecule has 0 aliphatic heterocycles. The third-order valence-corrected chi connectivity index (χ3v) is 2.45. The van der Waals surface area contributed by atoms with E-state index in [2.05, 4.69) is 5.32 Å². The quantitative estimate of drug-likeness (QED) is 0.793. The lowest BCUT2D eigenvalue weighted by atomic mass is 10.2. The molecule has 0 atom stereocenters. The number of nitrogens with one attached hydrogen (secondary N) is 1. The van der Waals surface area contributed by atoms with Crippen LogP contribution in [0.25, 0.3) is 0 Å². The lowest BCUT2D eigenvalue weighted by Crippen LogP contribution is -2.36. The van der Waals surface area contributed by atoms with Crippen LogP contribution in [0.15, 0.2) is 24.3 Å².